The molecule has 0 N–H and O–H groups in total. The van der Waals surface area contributed by atoms with Crippen LogP contribution in [0.1, 0.15) is 67.7 Å². The Balaban J connectivity index is 1.66. The lowest BCUT2D eigenvalue weighted by Crippen LogP contribution is -2.41. The number of aromatic nitrogens is 2. The molecule has 1 aromatic heterocycles. The van der Waals surface area contributed by atoms with E-state index in [-0.39, 0.29) is 17.9 Å². The quantitative estimate of drug-likeness (QED) is 0.758. The summed E-state index contributed by atoms with van der Waals surface area (Å²) < 4.78 is 0. The van der Waals surface area contributed by atoms with Gasteiger partial charge in [0.25, 0.3) is 0 Å². The van der Waals surface area contributed by atoms with E-state index in [4.69, 9.17) is 9.97 Å². The molecular formula is C24H30N4O2. The monoisotopic (exact) mass is 406 g/mol. The van der Waals surface area contributed by atoms with Crippen LogP contribution in [0.3, 0.4) is 0 Å². The maximum atomic E-state index is 12.8. The highest BCUT2D eigenvalue weighted by Gasteiger charge is 2.33. The Kier molecular flexibility index (Phi) is 6.11. The third-order valence-corrected chi connectivity index (χ3v) is 6.25. The van der Waals surface area contributed by atoms with Gasteiger partial charge in [0.1, 0.15) is 5.82 Å². The van der Waals surface area contributed by atoms with Gasteiger partial charge in [0.15, 0.2) is 5.82 Å². The molecule has 6 nitrogen and oxygen atoms in total. The summed E-state index contributed by atoms with van der Waals surface area (Å²) in [5.41, 5.74) is 3.20. The minimum absolute atomic E-state index is 0.0943. The lowest BCUT2D eigenvalue weighted by Gasteiger charge is -2.36. The number of hydrogen-bond donors (Lipinski definition) is 0. The molecular weight excluding hydrogens is 376 g/mol. The van der Waals surface area contributed by atoms with Crippen LogP contribution in [0, 0.1) is 6.92 Å². The molecule has 4 rings (SSSR count). The molecule has 6 heteroatoms. The third kappa shape index (κ3) is 4.09. The van der Waals surface area contributed by atoms with Crippen LogP contribution in [0.15, 0.2) is 30.3 Å². The topological polar surface area (TPSA) is 66.4 Å². The molecule has 30 heavy (non-hydrogen) atoms. The van der Waals surface area contributed by atoms with E-state index in [1.54, 1.807) is 0 Å². The fraction of sp³-hybridized carbons (Fsp3) is 0.500. The number of carbonyl (C=O) groups is 2. The van der Waals surface area contributed by atoms with Gasteiger partial charge in [-0.05, 0) is 44.6 Å². The van der Waals surface area contributed by atoms with Gasteiger partial charge in [0, 0.05) is 37.2 Å². The number of amides is 2. The maximum Gasteiger partial charge on any atom is 0.228 e. The summed E-state index contributed by atoms with van der Waals surface area (Å²) >= 11 is 0. The molecule has 2 aliphatic heterocycles. The molecule has 2 amide bonds. The maximum absolute atomic E-state index is 12.8. The Bertz CT molecular complexity index is 928. The lowest BCUT2D eigenvalue weighted by atomic mass is 9.99. The van der Waals surface area contributed by atoms with Crippen LogP contribution in [0.4, 0.5) is 5.82 Å². The zero-order valence-electron chi connectivity index (χ0n) is 17.9. The van der Waals surface area contributed by atoms with Crippen molar-refractivity contribution in [3.8, 4) is 0 Å². The van der Waals surface area contributed by atoms with Crippen molar-refractivity contribution in [1.29, 1.82) is 0 Å². The van der Waals surface area contributed by atoms with Crippen LogP contribution in [-0.4, -0.2) is 39.8 Å². The third-order valence-electron chi connectivity index (χ3n) is 6.25. The molecule has 0 radical (unpaired) electrons. The number of nitrogens with zero attached hydrogens (tertiary/aromatic N) is 4. The molecule has 1 saturated heterocycles. The minimum atomic E-state index is -0.0943. The summed E-state index contributed by atoms with van der Waals surface area (Å²) in [5.74, 6) is 1.70. The molecule has 0 saturated carbocycles. The Hall–Kier alpha value is -2.76. The van der Waals surface area contributed by atoms with Gasteiger partial charge in [-0.2, -0.15) is 0 Å². The van der Waals surface area contributed by atoms with Gasteiger partial charge >= 0.3 is 0 Å². The van der Waals surface area contributed by atoms with E-state index in [1.807, 2.05) is 41.8 Å². The predicted molar refractivity (Wildman–Crippen MR) is 116 cm³/mol. The smallest absolute Gasteiger partial charge is 0.228 e. The Labute approximate surface area is 178 Å². The van der Waals surface area contributed by atoms with E-state index < -0.39 is 0 Å². The molecule has 2 aromatic rings. The fourth-order valence-corrected chi connectivity index (χ4v) is 4.57. The molecule has 2 aliphatic rings. The van der Waals surface area contributed by atoms with Crippen molar-refractivity contribution in [1.82, 2.24) is 14.9 Å². The largest absolute Gasteiger partial charge is 0.332 e. The summed E-state index contributed by atoms with van der Waals surface area (Å²) in [4.78, 5) is 38.8. The predicted octanol–water partition coefficient (Wildman–Crippen LogP) is 3.77. The summed E-state index contributed by atoms with van der Waals surface area (Å²) in [5, 5.41) is 0. The summed E-state index contributed by atoms with van der Waals surface area (Å²) in [6.45, 7) is 5.27. The van der Waals surface area contributed by atoms with Gasteiger partial charge in [-0.1, -0.05) is 37.3 Å². The van der Waals surface area contributed by atoms with Crippen molar-refractivity contribution < 1.29 is 9.59 Å². The van der Waals surface area contributed by atoms with E-state index in [2.05, 4.69) is 12.1 Å². The van der Waals surface area contributed by atoms with E-state index in [1.165, 1.54) is 5.56 Å². The highest BCUT2D eigenvalue weighted by atomic mass is 16.2. The number of carbonyl (C=O) groups excluding carboxylic acids is 2. The van der Waals surface area contributed by atoms with Gasteiger partial charge < -0.3 is 4.90 Å². The van der Waals surface area contributed by atoms with Crippen LogP contribution in [-0.2, 0) is 22.4 Å². The summed E-state index contributed by atoms with van der Waals surface area (Å²) in [6, 6.07) is 10.1. The van der Waals surface area contributed by atoms with Crippen LogP contribution >= 0.6 is 0 Å². The number of anilines is 1. The number of benzene rings is 1. The zero-order chi connectivity index (χ0) is 21.1. The number of piperidine rings is 1. The van der Waals surface area contributed by atoms with Gasteiger partial charge in [-0.15, -0.1) is 0 Å². The van der Waals surface area contributed by atoms with E-state index >= 15 is 0 Å². The van der Waals surface area contributed by atoms with Crippen molar-refractivity contribution in [2.24, 2.45) is 0 Å². The first kappa shape index (κ1) is 20.5. The average Bonchev–Trinajstić information content (AvgIpc) is 2.78. The second-order valence-electron chi connectivity index (χ2n) is 8.20. The number of aryl methyl sites for hydroxylation is 1. The highest BCUT2D eigenvalue weighted by molar-refractivity contribution is 5.95. The highest BCUT2D eigenvalue weighted by Crippen LogP contribution is 2.34. The van der Waals surface area contributed by atoms with Gasteiger partial charge in [0.05, 0.1) is 6.04 Å². The standard InChI is InChI=1S/C24H30N4O2/c1-3-21(29)27-15-8-7-11-20(27)23-25-17(2)19-12-13-22(30)28(24(19)26-23)16-14-18-9-5-4-6-10-18/h4-6,9-10,20H,3,7-8,11-16H2,1-2H3/t20-/m1/s1. The van der Waals surface area contributed by atoms with Crippen molar-refractivity contribution in [2.75, 3.05) is 18.0 Å². The second-order valence-corrected chi connectivity index (χ2v) is 8.20. The van der Waals surface area contributed by atoms with Gasteiger partial charge in [-0.3, -0.25) is 14.5 Å². The minimum Gasteiger partial charge on any atom is -0.332 e. The number of rotatable bonds is 5. The first-order valence-electron chi connectivity index (χ1n) is 11.1. The molecule has 1 aromatic carbocycles. The molecule has 0 bridgehead atoms. The molecule has 0 spiro atoms. The first-order chi connectivity index (χ1) is 14.6. The summed E-state index contributed by atoms with van der Waals surface area (Å²) in [6.07, 6.45) is 5.42. The summed E-state index contributed by atoms with van der Waals surface area (Å²) in [7, 11) is 0. The molecule has 0 aliphatic carbocycles. The average molecular weight is 407 g/mol. The van der Waals surface area contributed by atoms with Crippen LogP contribution in [0.25, 0.3) is 0 Å². The number of likely N-dealkylation sites (tertiary alicyclic amines) is 1. The second kappa shape index (κ2) is 8.94. The van der Waals surface area contributed by atoms with Gasteiger partial charge in [-0.25, -0.2) is 9.97 Å². The number of fused-ring (bicyclic) bond motifs is 1. The van der Waals surface area contributed by atoms with Crippen LogP contribution < -0.4 is 4.90 Å². The van der Waals surface area contributed by atoms with Gasteiger partial charge in [0.2, 0.25) is 11.8 Å². The first-order valence-corrected chi connectivity index (χ1v) is 11.1. The molecule has 3 heterocycles. The SMILES string of the molecule is CCC(=O)N1CCCC[C@@H]1c1nc(C)c2c(n1)N(CCc1ccccc1)C(=O)CC2. The number of hydrogen-bond acceptors (Lipinski definition) is 4. The van der Waals surface area contributed by atoms with Crippen molar-refractivity contribution in [2.45, 2.75) is 64.8 Å². The normalized spacial score (nSPS) is 19.0. The van der Waals surface area contributed by atoms with E-state index in [0.29, 0.717) is 31.6 Å². The van der Waals surface area contributed by atoms with Crippen molar-refractivity contribution >= 4 is 17.6 Å². The lowest BCUT2D eigenvalue weighted by molar-refractivity contribution is -0.135. The molecule has 0 unspecified atom stereocenters. The Morgan fingerprint density at radius 1 is 1.13 bits per heavy atom. The Morgan fingerprint density at radius 3 is 2.70 bits per heavy atom. The van der Waals surface area contributed by atoms with Crippen molar-refractivity contribution in [3.05, 3.63) is 53.0 Å². The zero-order valence-corrected chi connectivity index (χ0v) is 17.9. The molecule has 1 fully saturated rings. The van der Waals surface area contributed by atoms with Crippen LogP contribution in [0.5, 0.6) is 0 Å². The van der Waals surface area contributed by atoms with E-state index in [9.17, 15) is 9.59 Å². The van der Waals surface area contributed by atoms with Crippen LogP contribution in [0.2, 0.25) is 0 Å². The molecule has 158 valence electrons. The van der Waals surface area contributed by atoms with E-state index in [0.717, 1.165) is 49.3 Å². The molecule has 1 atom stereocenters. The fourth-order valence-electron chi connectivity index (χ4n) is 4.57. The van der Waals surface area contributed by atoms with Crippen molar-refractivity contribution in [3.63, 3.8) is 0 Å². The Morgan fingerprint density at radius 2 is 1.93 bits per heavy atom.